The van der Waals surface area contributed by atoms with Gasteiger partial charge in [0.05, 0.1) is 11.6 Å². The Kier molecular flexibility index (Phi) is 6.80. The third-order valence-corrected chi connectivity index (χ3v) is 6.71. The van der Waals surface area contributed by atoms with Crippen molar-refractivity contribution in [1.82, 2.24) is 5.32 Å². The number of rotatable bonds is 5. The summed E-state index contributed by atoms with van der Waals surface area (Å²) in [6, 6.07) is 20.0. The van der Waals surface area contributed by atoms with E-state index < -0.39 is 0 Å². The lowest BCUT2D eigenvalue weighted by molar-refractivity contribution is 0.406. The number of hydrogen-bond acceptors (Lipinski definition) is 4. The monoisotopic (exact) mass is 542 g/mol. The molecule has 0 amide bonds. The largest absolute Gasteiger partial charge is 0.508 e. The second-order valence-corrected chi connectivity index (χ2v) is 9.32. The van der Waals surface area contributed by atoms with Crippen LogP contribution in [0.3, 0.4) is 0 Å². The van der Waals surface area contributed by atoms with Crippen molar-refractivity contribution in [3.8, 4) is 11.5 Å². The van der Waals surface area contributed by atoms with Crippen LogP contribution >= 0.6 is 31.9 Å². The molecule has 2 atom stereocenters. The summed E-state index contributed by atoms with van der Waals surface area (Å²) in [6.45, 7) is 2.15. The zero-order chi connectivity index (χ0) is 22.0. The van der Waals surface area contributed by atoms with Crippen LogP contribution in [0.2, 0.25) is 0 Å². The summed E-state index contributed by atoms with van der Waals surface area (Å²) in [5, 5.41) is 14.2. The summed E-state index contributed by atoms with van der Waals surface area (Å²) in [5.41, 5.74) is 5.30. The van der Waals surface area contributed by atoms with E-state index in [1.807, 2.05) is 30.3 Å². The molecule has 3 aromatic rings. The highest BCUT2D eigenvalue weighted by atomic mass is 79.9. The maximum atomic E-state index is 10.6. The van der Waals surface area contributed by atoms with E-state index >= 15 is 0 Å². The Balaban J connectivity index is 1.76. The molecule has 31 heavy (non-hydrogen) atoms. The lowest BCUT2D eigenvalue weighted by atomic mass is 9.93. The molecule has 0 saturated heterocycles. The number of benzene rings is 3. The van der Waals surface area contributed by atoms with Crippen molar-refractivity contribution in [3.63, 3.8) is 0 Å². The number of hydrogen-bond donors (Lipinski definition) is 2. The predicted octanol–water partition coefficient (Wildman–Crippen LogP) is 6.71. The topological polar surface area (TPSA) is 53.8 Å². The van der Waals surface area contributed by atoms with Crippen LogP contribution in [0.1, 0.15) is 47.8 Å². The van der Waals surface area contributed by atoms with Gasteiger partial charge in [-0.3, -0.25) is 10.3 Å². The van der Waals surface area contributed by atoms with E-state index in [-0.39, 0.29) is 18.0 Å². The Labute approximate surface area is 199 Å². The number of halogens is 2. The minimum Gasteiger partial charge on any atom is -0.508 e. The Morgan fingerprint density at radius 1 is 1.06 bits per heavy atom. The minimum absolute atomic E-state index is 0.0817. The van der Waals surface area contributed by atoms with Gasteiger partial charge in [-0.1, -0.05) is 53.2 Å². The molecule has 1 aliphatic rings. The number of aliphatic imine (C=N–C) groups is 1. The number of aromatic hydroxyl groups is 1. The summed E-state index contributed by atoms with van der Waals surface area (Å²) in [6.07, 6.45) is 1.44. The van der Waals surface area contributed by atoms with Crippen LogP contribution in [0.4, 0.5) is 0 Å². The highest BCUT2D eigenvalue weighted by molar-refractivity contribution is 9.10. The second kappa shape index (κ2) is 9.55. The number of aryl methyl sites for hydroxylation is 1. The van der Waals surface area contributed by atoms with Crippen LogP contribution < -0.4 is 10.1 Å². The second-order valence-electron chi connectivity index (χ2n) is 7.55. The Hall–Kier alpha value is -2.15. The first kappa shape index (κ1) is 22.1. The lowest BCUT2D eigenvalue weighted by Gasteiger charge is -2.31. The van der Waals surface area contributed by atoms with Gasteiger partial charge < -0.3 is 9.84 Å². The van der Waals surface area contributed by atoms with Crippen molar-refractivity contribution in [2.45, 2.75) is 32.0 Å². The third-order valence-electron chi connectivity index (χ3n) is 5.59. The van der Waals surface area contributed by atoms with Crippen molar-refractivity contribution < 1.29 is 9.84 Å². The van der Waals surface area contributed by atoms with Gasteiger partial charge >= 0.3 is 0 Å². The lowest BCUT2D eigenvalue weighted by Crippen LogP contribution is -2.33. The minimum atomic E-state index is -0.250. The van der Waals surface area contributed by atoms with Gasteiger partial charge in [-0.15, -0.1) is 0 Å². The SMILES string of the molecule is CCc1ccc(C2=N[C@@H](c3ccc(OC)c(Br)c3)N[C@H](c3cc(Br)ccc3O)C2)cc1. The smallest absolute Gasteiger partial charge is 0.133 e. The van der Waals surface area contributed by atoms with Crippen LogP contribution in [-0.2, 0) is 6.42 Å². The van der Waals surface area contributed by atoms with Gasteiger partial charge in [0.2, 0.25) is 0 Å². The van der Waals surface area contributed by atoms with Gasteiger partial charge in [0.1, 0.15) is 17.7 Å². The van der Waals surface area contributed by atoms with Gasteiger partial charge in [0, 0.05) is 28.2 Å². The number of ether oxygens (including phenoxy) is 1. The first-order valence-corrected chi connectivity index (χ1v) is 11.8. The fourth-order valence-corrected chi connectivity index (χ4v) is 4.78. The molecule has 0 unspecified atom stereocenters. The normalized spacial score (nSPS) is 18.5. The molecule has 160 valence electrons. The highest BCUT2D eigenvalue weighted by Gasteiger charge is 2.28. The van der Waals surface area contributed by atoms with Gasteiger partial charge in [0.25, 0.3) is 0 Å². The van der Waals surface area contributed by atoms with E-state index in [1.54, 1.807) is 13.2 Å². The number of methoxy groups -OCH3 is 1. The summed E-state index contributed by atoms with van der Waals surface area (Å²) in [7, 11) is 1.65. The quantitative estimate of drug-likeness (QED) is 0.376. The fraction of sp³-hybridized carbons (Fsp3) is 0.240. The Bertz CT molecular complexity index is 1110. The Morgan fingerprint density at radius 2 is 1.84 bits per heavy atom. The average Bonchev–Trinajstić information content (AvgIpc) is 2.80. The molecular weight excluding hydrogens is 520 g/mol. The van der Waals surface area contributed by atoms with E-state index in [2.05, 4.69) is 68.4 Å². The van der Waals surface area contributed by atoms with Crippen LogP contribution in [0.15, 0.2) is 74.6 Å². The van der Waals surface area contributed by atoms with Crippen molar-refractivity contribution >= 4 is 37.6 Å². The zero-order valence-corrected chi connectivity index (χ0v) is 20.6. The van der Waals surface area contributed by atoms with Crippen LogP contribution in [0.5, 0.6) is 11.5 Å². The van der Waals surface area contributed by atoms with Gasteiger partial charge in [-0.25, -0.2) is 0 Å². The summed E-state index contributed by atoms with van der Waals surface area (Å²) < 4.78 is 7.19. The highest BCUT2D eigenvalue weighted by Crippen LogP contribution is 2.37. The van der Waals surface area contributed by atoms with Crippen LogP contribution in [0.25, 0.3) is 0 Å². The maximum absolute atomic E-state index is 10.6. The summed E-state index contributed by atoms with van der Waals surface area (Å²) in [4.78, 5) is 5.05. The molecule has 4 nitrogen and oxygen atoms in total. The third kappa shape index (κ3) is 4.86. The zero-order valence-electron chi connectivity index (χ0n) is 17.4. The molecule has 0 radical (unpaired) electrons. The number of phenols is 1. The molecule has 0 aromatic heterocycles. The van der Waals surface area contributed by atoms with Crippen molar-refractivity contribution in [2.24, 2.45) is 4.99 Å². The molecule has 4 rings (SSSR count). The summed E-state index contributed by atoms with van der Waals surface area (Å²) >= 11 is 7.12. The molecule has 0 fully saturated rings. The van der Waals surface area contributed by atoms with Crippen LogP contribution in [-0.4, -0.2) is 17.9 Å². The van der Waals surface area contributed by atoms with Crippen molar-refractivity contribution in [1.29, 1.82) is 0 Å². The molecule has 1 aliphatic heterocycles. The van der Waals surface area contributed by atoms with Crippen molar-refractivity contribution in [2.75, 3.05) is 7.11 Å². The first-order chi connectivity index (χ1) is 15.0. The number of phenolic OH excluding ortho intramolecular Hbond substituents is 1. The van der Waals surface area contributed by atoms with Crippen molar-refractivity contribution in [3.05, 3.63) is 91.9 Å². The van der Waals surface area contributed by atoms with Gasteiger partial charge in [-0.05, 0) is 69.4 Å². The molecule has 0 spiro atoms. The standard InChI is InChI=1S/C25H24Br2N2O2/c1-3-15-4-6-16(7-5-15)21-14-22(19-13-18(26)9-10-23(19)30)29-25(28-21)17-8-11-24(31-2)20(27)12-17/h4-13,22,25,29-30H,3,14H2,1-2H3/t22-,25+/m0/s1. The van der Waals surface area contributed by atoms with E-state index in [9.17, 15) is 5.11 Å². The molecule has 0 aliphatic carbocycles. The molecular formula is C25H24Br2N2O2. The number of nitrogens with one attached hydrogen (secondary N) is 1. The van der Waals surface area contributed by atoms with E-state index in [0.29, 0.717) is 6.42 Å². The molecule has 2 N–H and O–H groups in total. The van der Waals surface area contributed by atoms with Gasteiger partial charge in [-0.2, -0.15) is 0 Å². The average molecular weight is 544 g/mol. The molecule has 1 heterocycles. The first-order valence-electron chi connectivity index (χ1n) is 10.2. The van der Waals surface area contributed by atoms with Crippen LogP contribution in [0, 0.1) is 0 Å². The maximum Gasteiger partial charge on any atom is 0.133 e. The van der Waals surface area contributed by atoms with E-state index in [1.165, 1.54) is 5.56 Å². The van der Waals surface area contributed by atoms with Gasteiger partial charge in [0.15, 0.2) is 0 Å². The summed E-state index contributed by atoms with van der Waals surface area (Å²) in [5.74, 6) is 1.05. The van der Waals surface area contributed by atoms with E-state index in [0.717, 1.165) is 43.5 Å². The Morgan fingerprint density at radius 3 is 2.52 bits per heavy atom. The molecule has 0 bridgehead atoms. The van der Waals surface area contributed by atoms with E-state index in [4.69, 9.17) is 9.73 Å². The molecule has 6 heteroatoms. The molecule has 0 saturated carbocycles. The predicted molar refractivity (Wildman–Crippen MR) is 132 cm³/mol. The molecule has 3 aromatic carbocycles. The number of nitrogens with zero attached hydrogens (tertiary/aromatic N) is 1. The fourth-order valence-electron chi connectivity index (χ4n) is 3.84.